The Balaban J connectivity index is 0. The Hall–Kier alpha value is -0.650. The third kappa shape index (κ3) is 17.2. The van der Waals surface area contributed by atoms with Gasteiger partial charge in [0.15, 0.2) is 7.05 Å². The molecule has 27 heavy (non-hydrogen) atoms. The van der Waals surface area contributed by atoms with Crippen LogP contribution in [-0.4, -0.2) is 33.4 Å². The molecule has 0 saturated carbocycles. The minimum absolute atomic E-state index is 0. The number of nitrogens with zero attached hydrogens (tertiary/aromatic N) is 1. The molecule has 0 fully saturated rings. The van der Waals surface area contributed by atoms with Crippen molar-refractivity contribution in [2.24, 2.45) is 0 Å². The van der Waals surface area contributed by atoms with Crippen LogP contribution in [0.3, 0.4) is 0 Å². The lowest BCUT2D eigenvalue weighted by Crippen LogP contribution is -3.00. The Labute approximate surface area is 174 Å². The Kier molecular flexibility index (Phi) is 21.3. The summed E-state index contributed by atoms with van der Waals surface area (Å²) >= 11 is 0. The number of hydrogen-bond donors (Lipinski definition) is 0. The molecule has 4 nitrogen and oxygen atoms in total. The van der Waals surface area contributed by atoms with E-state index in [0.29, 0.717) is 0 Å². The van der Waals surface area contributed by atoms with E-state index >= 15 is 0 Å². The molecule has 0 aliphatic heterocycles. The molecule has 0 unspecified atom stereocenters. The summed E-state index contributed by atoms with van der Waals surface area (Å²) in [5.41, 5.74) is 1.50. The van der Waals surface area contributed by atoms with Crippen molar-refractivity contribution in [3.63, 3.8) is 0 Å². The number of benzene rings is 1. The minimum atomic E-state index is -0.292. The van der Waals surface area contributed by atoms with E-state index in [1.807, 2.05) is 0 Å². The van der Waals surface area contributed by atoms with Crippen LogP contribution in [0.2, 0.25) is 0 Å². The Morgan fingerprint density at radius 3 is 1.44 bits per heavy atom. The van der Waals surface area contributed by atoms with E-state index in [1.165, 1.54) is 97.5 Å². The fraction of sp³-hybridized carbons (Fsp3) is 0.727. The Morgan fingerprint density at radius 2 is 1.07 bits per heavy atom. The number of hydroxylamine groups is 3. The van der Waals surface area contributed by atoms with Gasteiger partial charge in [-0.2, -0.15) is 0 Å². The zero-order valence-corrected chi connectivity index (χ0v) is 19.0. The Morgan fingerprint density at radius 1 is 0.667 bits per heavy atom. The standard InChI is InChI=1S/C18H30.C4H12NO3.ClH/c1-2-3-4-5-6-7-8-9-10-12-15-18-16-13-11-14-17-18;1-5(6-2,7-3)8-4;/h11,13-14,16-17H,2-10,12,15H2,1H3;1-4H3;1H/q;+1;/p-1. The lowest BCUT2D eigenvalue weighted by atomic mass is 10.0. The predicted molar refractivity (Wildman–Crippen MR) is 109 cm³/mol. The summed E-state index contributed by atoms with van der Waals surface area (Å²) in [6.45, 7) is 2.28. The number of quaternary nitrogens is 1. The summed E-state index contributed by atoms with van der Waals surface area (Å²) in [5, 5.41) is 0. The van der Waals surface area contributed by atoms with Crippen molar-refractivity contribution in [3.8, 4) is 0 Å². The van der Waals surface area contributed by atoms with Crippen LogP contribution in [0.4, 0.5) is 0 Å². The van der Waals surface area contributed by atoms with E-state index in [-0.39, 0.29) is 17.4 Å². The van der Waals surface area contributed by atoms with Gasteiger partial charge in [0.25, 0.3) is 0 Å². The first-order valence-corrected chi connectivity index (χ1v) is 10.2. The van der Waals surface area contributed by atoms with E-state index < -0.39 is 0 Å². The molecular weight excluding hydrogens is 362 g/mol. The summed E-state index contributed by atoms with van der Waals surface area (Å²) in [6.07, 6.45) is 15.5. The number of halogens is 1. The van der Waals surface area contributed by atoms with Gasteiger partial charge in [-0.25, -0.2) is 0 Å². The molecule has 0 aromatic heterocycles. The van der Waals surface area contributed by atoms with Gasteiger partial charge in [0.2, 0.25) is 0 Å². The molecule has 0 spiro atoms. The average Bonchev–Trinajstić information content (AvgIpc) is 2.70. The van der Waals surface area contributed by atoms with Gasteiger partial charge in [0.05, 0.1) is 4.97 Å². The van der Waals surface area contributed by atoms with Crippen LogP contribution in [0.25, 0.3) is 0 Å². The highest BCUT2D eigenvalue weighted by Crippen LogP contribution is 2.12. The van der Waals surface area contributed by atoms with E-state index in [0.717, 1.165) is 0 Å². The van der Waals surface area contributed by atoms with Gasteiger partial charge in [0, 0.05) is 0 Å². The number of aryl methyl sites for hydroxylation is 1. The highest BCUT2D eigenvalue weighted by Gasteiger charge is 2.20. The summed E-state index contributed by atoms with van der Waals surface area (Å²) in [5.74, 6) is 0. The van der Waals surface area contributed by atoms with Gasteiger partial charge in [-0.3, -0.25) is 0 Å². The second-order valence-corrected chi connectivity index (χ2v) is 6.74. The first-order chi connectivity index (χ1) is 12.6. The topological polar surface area (TPSA) is 27.7 Å². The molecule has 0 amide bonds. The van der Waals surface area contributed by atoms with Crippen LogP contribution in [0.1, 0.15) is 76.7 Å². The molecule has 0 saturated heterocycles. The normalized spacial score (nSPS) is 10.7. The number of rotatable bonds is 14. The summed E-state index contributed by atoms with van der Waals surface area (Å²) < 4.78 is 0. The molecule has 5 heteroatoms. The van der Waals surface area contributed by atoms with E-state index in [4.69, 9.17) is 14.5 Å². The number of hydrogen-bond acceptors (Lipinski definition) is 3. The second kappa shape index (κ2) is 20.1. The molecule has 1 aromatic carbocycles. The fourth-order valence-corrected chi connectivity index (χ4v) is 2.68. The molecule has 160 valence electrons. The molecule has 0 heterocycles. The number of unbranched alkanes of at least 4 members (excludes halogenated alkanes) is 9. The molecule has 0 atom stereocenters. The van der Waals surface area contributed by atoms with Crippen molar-refractivity contribution in [2.75, 3.05) is 28.4 Å². The van der Waals surface area contributed by atoms with Gasteiger partial charge in [-0.1, -0.05) is 95.0 Å². The van der Waals surface area contributed by atoms with Gasteiger partial charge in [-0.05, 0) is 18.4 Å². The van der Waals surface area contributed by atoms with Crippen molar-refractivity contribution < 1.29 is 31.9 Å². The second-order valence-electron chi connectivity index (χ2n) is 6.74. The SMILES string of the molecule is CCCCCCCCCCCCc1ccccc1.CO[N+](C)(OC)OC.[Cl-]. The van der Waals surface area contributed by atoms with E-state index in [1.54, 1.807) is 7.05 Å². The molecule has 0 radical (unpaired) electrons. The molecule has 1 rings (SSSR count). The first kappa shape index (κ1) is 28.6. The molecule has 1 aromatic rings. The van der Waals surface area contributed by atoms with Gasteiger partial charge in [-0.15, -0.1) is 14.5 Å². The van der Waals surface area contributed by atoms with Crippen LogP contribution < -0.4 is 12.4 Å². The maximum Gasteiger partial charge on any atom is 0.168 e. The molecule has 0 aliphatic rings. The summed E-state index contributed by atoms with van der Waals surface area (Å²) in [6, 6.07) is 10.9. The van der Waals surface area contributed by atoms with Crippen molar-refractivity contribution in [1.29, 1.82) is 0 Å². The maximum absolute atomic E-state index is 4.73. The zero-order valence-electron chi connectivity index (χ0n) is 18.2. The van der Waals surface area contributed by atoms with E-state index in [9.17, 15) is 0 Å². The van der Waals surface area contributed by atoms with E-state index in [2.05, 4.69) is 37.3 Å². The average molecular weight is 404 g/mol. The predicted octanol–water partition coefficient (Wildman–Crippen LogP) is 3.27. The summed E-state index contributed by atoms with van der Waals surface area (Å²) in [7, 11) is 6.10. The monoisotopic (exact) mass is 403 g/mol. The highest BCUT2D eigenvalue weighted by molar-refractivity contribution is 5.14. The van der Waals surface area contributed by atoms with Crippen molar-refractivity contribution in [1.82, 2.24) is 0 Å². The van der Waals surface area contributed by atoms with Crippen molar-refractivity contribution in [3.05, 3.63) is 35.9 Å². The van der Waals surface area contributed by atoms with Crippen molar-refractivity contribution in [2.45, 2.75) is 77.6 Å². The van der Waals surface area contributed by atoms with Gasteiger partial charge in [0.1, 0.15) is 21.3 Å². The van der Waals surface area contributed by atoms with Crippen LogP contribution >= 0.6 is 0 Å². The largest absolute Gasteiger partial charge is 1.00 e. The lowest BCUT2D eigenvalue weighted by Gasteiger charge is -2.19. The molecule has 0 N–H and O–H groups in total. The first-order valence-electron chi connectivity index (χ1n) is 10.2. The highest BCUT2D eigenvalue weighted by atomic mass is 35.5. The van der Waals surface area contributed by atoms with Crippen LogP contribution in [0.5, 0.6) is 0 Å². The zero-order chi connectivity index (χ0) is 19.5. The van der Waals surface area contributed by atoms with Crippen LogP contribution in [-0.2, 0) is 20.9 Å². The Bertz CT molecular complexity index is 392. The molecular formula is C22H42ClNO3. The fourth-order valence-electron chi connectivity index (χ4n) is 2.68. The molecule has 0 bridgehead atoms. The third-order valence-corrected chi connectivity index (χ3v) is 4.66. The quantitative estimate of drug-likeness (QED) is 0.271. The van der Waals surface area contributed by atoms with Crippen molar-refractivity contribution >= 4 is 0 Å². The summed E-state index contributed by atoms with van der Waals surface area (Å²) in [4.78, 5) is 13.9. The van der Waals surface area contributed by atoms with Gasteiger partial charge >= 0.3 is 0 Å². The smallest absolute Gasteiger partial charge is 0.168 e. The third-order valence-electron chi connectivity index (χ3n) is 4.66. The van der Waals surface area contributed by atoms with Gasteiger partial charge < -0.3 is 12.4 Å². The van der Waals surface area contributed by atoms with Crippen LogP contribution in [0.15, 0.2) is 30.3 Å². The minimum Gasteiger partial charge on any atom is -1.00 e. The molecule has 0 aliphatic carbocycles. The van der Waals surface area contributed by atoms with Crippen LogP contribution in [0, 0.1) is 0 Å². The lowest BCUT2D eigenvalue weighted by molar-refractivity contribution is -1.35. The maximum atomic E-state index is 4.73.